The molecule has 0 unspecified atom stereocenters. The molecule has 1 N–H and O–H groups in total. The van der Waals surface area contributed by atoms with E-state index in [2.05, 4.69) is 14.9 Å². The lowest BCUT2D eigenvalue weighted by atomic mass is 10.2. The Labute approximate surface area is 111 Å². The fourth-order valence-corrected chi connectivity index (χ4v) is 2.41. The van der Waals surface area contributed by atoms with Crippen molar-refractivity contribution in [2.75, 3.05) is 26.2 Å². The summed E-state index contributed by atoms with van der Waals surface area (Å²) in [7, 11) is 0. The topological polar surface area (TPSA) is 58.2 Å². The van der Waals surface area contributed by atoms with Gasteiger partial charge in [0.2, 0.25) is 0 Å². The van der Waals surface area contributed by atoms with Crippen LogP contribution in [0.25, 0.3) is 10.9 Å². The standard InChI is InChI=1S/C14H17N3O2/c18-13-11-5-1-2-6-12(11)15-14(16-13)19-10-9-17-7-3-4-8-17/h1-2,5-6H,3-4,7-10H2,(H,15,16,18). The van der Waals surface area contributed by atoms with E-state index in [0.717, 1.165) is 19.6 Å². The van der Waals surface area contributed by atoms with Crippen LogP contribution in [0.3, 0.4) is 0 Å². The molecule has 0 amide bonds. The van der Waals surface area contributed by atoms with E-state index in [4.69, 9.17) is 4.74 Å². The Hall–Kier alpha value is -1.88. The van der Waals surface area contributed by atoms with E-state index in [1.165, 1.54) is 12.8 Å². The van der Waals surface area contributed by atoms with E-state index in [1.54, 1.807) is 6.07 Å². The molecule has 0 spiro atoms. The number of likely N-dealkylation sites (tertiary alicyclic amines) is 1. The van der Waals surface area contributed by atoms with E-state index >= 15 is 0 Å². The molecule has 0 aliphatic carbocycles. The predicted octanol–water partition coefficient (Wildman–Crippen LogP) is 1.40. The first-order valence-electron chi connectivity index (χ1n) is 6.67. The molecule has 1 aliphatic rings. The molecule has 2 heterocycles. The molecular weight excluding hydrogens is 242 g/mol. The van der Waals surface area contributed by atoms with Crippen molar-refractivity contribution >= 4 is 10.9 Å². The summed E-state index contributed by atoms with van der Waals surface area (Å²) in [4.78, 5) is 21.2. The first-order chi connectivity index (χ1) is 9.33. The van der Waals surface area contributed by atoms with Gasteiger partial charge in [-0.05, 0) is 38.1 Å². The van der Waals surface area contributed by atoms with Gasteiger partial charge in [-0.25, -0.2) is 0 Å². The van der Waals surface area contributed by atoms with Crippen LogP contribution in [0, 0.1) is 0 Å². The van der Waals surface area contributed by atoms with Crippen LogP contribution in [0.1, 0.15) is 12.8 Å². The van der Waals surface area contributed by atoms with Gasteiger partial charge in [0.1, 0.15) is 6.61 Å². The molecule has 5 nitrogen and oxygen atoms in total. The number of aromatic nitrogens is 2. The highest BCUT2D eigenvalue weighted by atomic mass is 16.5. The maximum Gasteiger partial charge on any atom is 0.297 e. The summed E-state index contributed by atoms with van der Waals surface area (Å²) in [6.45, 7) is 3.73. The summed E-state index contributed by atoms with van der Waals surface area (Å²) in [5.74, 6) is 0. The van der Waals surface area contributed by atoms with Crippen LogP contribution in [0.4, 0.5) is 0 Å². The fourth-order valence-electron chi connectivity index (χ4n) is 2.41. The molecule has 1 fully saturated rings. The first kappa shape index (κ1) is 12.2. The summed E-state index contributed by atoms with van der Waals surface area (Å²) in [6.07, 6.45) is 2.54. The molecular formula is C14H17N3O2. The van der Waals surface area contributed by atoms with Gasteiger partial charge in [-0.3, -0.25) is 14.7 Å². The van der Waals surface area contributed by atoms with E-state index in [9.17, 15) is 4.79 Å². The second kappa shape index (κ2) is 5.40. The summed E-state index contributed by atoms with van der Waals surface area (Å²) in [6, 6.07) is 7.58. The Morgan fingerprint density at radius 3 is 2.89 bits per heavy atom. The quantitative estimate of drug-likeness (QED) is 0.901. The van der Waals surface area contributed by atoms with Gasteiger partial charge in [-0.1, -0.05) is 12.1 Å². The van der Waals surface area contributed by atoms with Crippen LogP contribution in [0.5, 0.6) is 6.01 Å². The van der Waals surface area contributed by atoms with Crippen molar-refractivity contribution in [3.05, 3.63) is 34.6 Å². The average molecular weight is 259 g/mol. The molecule has 3 rings (SSSR count). The number of nitrogens with zero attached hydrogens (tertiary/aromatic N) is 2. The van der Waals surface area contributed by atoms with Crippen LogP contribution < -0.4 is 10.3 Å². The third-order valence-corrected chi connectivity index (χ3v) is 3.44. The van der Waals surface area contributed by atoms with Gasteiger partial charge in [0, 0.05) is 6.54 Å². The molecule has 1 saturated heterocycles. The van der Waals surface area contributed by atoms with E-state index in [0.29, 0.717) is 23.5 Å². The number of ether oxygens (including phenoxy) is 1. The number of aromatic amines is 1. The van der Waals surface area contributed by atoms with Crippen LogP contribution in [-0.2, 0) is 0 Å². The monoisotopic (exact) mass is 259 g/mol. The summed E-state index contributed by atoms with van der Waals surface area (Å²) >= 11 is 0. The Morgan fingerprint density at radius 2 is 2.05 bits per heavy atom. The summed E-state index contributed by atoms with van der Waals surface area (Å²) < 4.78 is 5.55. The van der Waals surface area contributed by atoms with Crippen molar-refractivity contribution in [1.82, 2.24) is 14.9 Å². The largest absolute Gasteiger partial charge is 0.463 e. The smallest absolute Gasteiger partial charge is 0.297 e. The van der Waals surface area contributed by atoms with Crippen LogP contribution in [0.2, 0.25) is 0 Å². The van der Waals surface area contributed by atoms with Crippen molar-refractivity contribution in [2.45, 2.75) is 12.8 Å². The molecule has 0 saturated carbocycles. The highest BCUT2D eigenvalue weighted by Crippen LogP contribution is 2.10. The maximum absolute atomic E-state index is 11.8. The third-order valence-electron chi connectivity index (χ3n) is 3.44. The minimum atomic E-state index is -0.151. The van der Waals surface area contributed by atoms with Gasteiger partial charge in [-0.2, -0.15) is 4.98 Å². The number of nitrogens with one attached hydrogen (secondary N) is 1. The lowest BCUT2D eigenvalue weighted by molar-refractivity contribution is 0.225. The number of rotatable bonds is 4. The normalized spacial score (nSPS) is 16.0. The lowest BCUT2D eigenvalue weighted by Gasteiger charge is -2.14. The van der Waals surface area contributed by atoms with Gasteiger partial charge in [0.15, 0.2) is 0 Å². The Kier molecular flexibility index (Phi) is 3.46. The Bertz CT molecular complexity index is 617. The van der Waals surface area contributed by atoms with Crippen LogP contribution in [0.15, 0.2) is 29.1 Å². The molecule has 19 heavy (non-hydrogen) atoms. The zero-order chi connectivity index (χ0) is 13.1. The molecule has 5 heteroatoms. The van der Waals surface area contributed by atoms with Crippen molar-refractivity contribution < 1.29 is 4.74 Å². The minimum absolute atomic E-state index is 0.151. The van der Waals surface area contributed by atoms with Crippen LogP contribution in [-0.4, -0.2) is 41.1 Å². The number of benzene rings is 1. The van der Waals surface area contributed by atoms with Gasteiger partial charge >= 0.3 is 0 Å². The summed E-state index contributed by atoms with van der Waals surface area (Å²) in [5, 5.41) is 0.592. The predicted molar refractivity (Wildman–Crippen MR) is 73.5 cm³/mol. The maximum atomic E-state index is 11.8. The second-order valence-corrected chi connectivity index (χ2v) is 4.79. The molecule has 1 aromatic heterocycles. The lowest BCUT2D eigenvalue weighted by Crippen LogP contribution is -2.25. The summed E-state index contributed by atoms with van der Waals surface area (Å²) in [5.41, 5.74) is 0.518. The van der Waals surface area contributed by atoms with Crippen LogP contribution >= 0.6 is 0 Å². The molecule has 0 radical (unpaired) electrons. The van der Waals surface area contributed by atoms with Crippen molar-refractivity contribution in [3.63, 3.8) is 0 Å². The molecule has 2 aromatic rings. The highest BCUT2D eigenvalue weighted by Gasteiger charge is 2.11. The van der Waals surface area contributed by atoms with Gasteiger partial charge in [-0.15, -0.1) is 0 Å². The minimum Gasteiger partial charge on any atom is -0.463 e. The molecule has 0 bridgehead atoms. The molecule has 1 aliphatic heterocycles. The number of hydrogen-bond acceptors (Lipinski definition) is 4. The van der Waals surface area contributed by atoms with Crippen molar-refractivity contribution in [3.8, 4) is 6.01 Å². The van der Waals surface area contributed by atoms with E-state index in [1.807, 2.05) is 18.2 Å². The van der Waals surface area contributed by atoms with Gasteiger partial charge in [0.25, 0.3) is 11.6 Å². The molecule has 1 aromatic carbocycles. The number of para-hydroxylation sites is 1. The Balaban J connectivity index is 1.69. The van der Waals surface area contributed by atoms with Gasteiger partial charge in [0.05, 0.1) is 10.9 Å². The SMILES string of the molecule is O=c1[nH]c(OCCN2CCCC2)nc2ccccc12. The number of fused-ring (bicyclic) bond motifs is 1. The second-order valence-electron chi connectivity index (χ2n) is 4.79. The zero-order valence-electron chi connectivity index (χ0n) is 10.8. The number of hydrogen-bond donors (Lipinski definition) is 1. The Morgan fingerprint density at radius 1 is 1.26 bits per heavy atom. The third kappa shape index (κ3) is 2.76. The first-order valence-corrected chi connectivity index (χ1v) is 6.67. The van der Waals surface area contributed by atoms with E-state index in [-0.39, 0.29) is 5.56 Å². The van der Waals surface area contributed by atoms with Gasteiger partial charge < -0.3 is 4.74 Å². The van der Waals surface area contributed by atoms with E-state index < -0.39 is 0 Å². The molecule has 100 valence electrons. The van der Waals surface area contributed by atoms with Crippen molar-refractivity contribution in [2.24, 2.45) is 0 Å². The fraction of sp³-hybridized carbons (Fsp3) is 0.429. The molecule has 0 atom stereocenters. The highest BCUT2D eigenvalue weighted by molar-refractivity contribution is 5.77. The number of H-pyrrole nitrogens is 1. The zero-order valence-corrected chi connectivity index (χ0v) is 10.8. The van der Waals surface area contributed by atoms with Crippen molar-refractivity contribution in [1.29, 1.82) is 0 Å². The average Bonchev–Trinajstić information content (AvgIpc) is 2.92.